The van der Waals surface area contributed by atoms with E-state index in [1.807, 2.05) is 32.2 Å². The number of hydrogen-bond donors (Lipinski definition) is 1. The third-order valence-electron chi connectivity index (χ3n) is 2.85. The van der Waals surface area contributed by atoms with Gasteiger partial charge in [0.15, 0.2) is 0 Å². The number of ether oxygens (including phenoxy) is 1. The quantitative estimate of drug-likeness (QED) is 0.739. The summed E-state index contributed by atoms with van der Waals surface area (Å²) >= 11 is 0. The maximum Gasteiger partial charge on any atom is 0.236 e. The van der Waals surface area contributed by atoms with E-state index in [9.17, 15) is 0 Å². The van der Waals surface area contributed by atoms with Crippen molar-refractivity contribution in [2.75, 3.05) is 6.61 Å². The fourth-order valence-corrected chi connectivity index (χ4v) is 1.98. The number of H-pyrrole nitrogens is 1. The van der Waals surface area contributed by atoms with Gasteiger partial charge in [-0.25, -0.2) is 15.0 Å². The Labute approximate surface area is 116 Å². The molecule has 0 atom stereocenters. The van der Waals surface area contributed by atoms with Crippen LogP contribution in [0.25, 0.3) is 23.1 Å². The van der Waals surface area contributed by atoms with Crippen LogP contribution in [0, 0.1) is 6.92 Å². The number of rotatable bonds is 4. The molecule has 0 saturated carbocycles. The first kappa shape index (κ1) is 12.4. The molecule has 6 heteroatoms. The SMILES string of the molecule is CCOC=Cc1nc(-n2ccnc2)nc2cc(C)[nH]c12. The summed E-state index contributed by atoms with van der Waals surface area (Å²) in [5, 5.41) is 0. The molecule has 0 amide bonds. The molecule has 0 aliphatic heterocycles. The summed E-state index contributed by atoms with van der Waals surface area (Å²) < 4.78 is 7.03. The first-order chi connectivity index (χ1) is 9.78. The summed E-state index contributed by atoms with van der Waals surface area (Å²) in [5.41, 5.74) is 3.61. The number of fused-ring (bicyclic) bond motifs is 1. The lowest BCUT2D eigenvalue weighted by atomic mass is 10.3. The molecule has 0 saturated heterocycles. The molecule has 0 radical (unpaired) electrons. The van der Waals surface area contributed by atoms with Gasteiger partial charge in [-0.1, -0.05) is 0 Å². The molecule has 0 unspecified atom stereocenters. The lowest BCUT2D eigenvalue weighted by molar-refractivity contribution is 0.272. The van der Waals surface area contributed by atoms with Gasteiger partial charge in [0.1, 0.15) is 6.33 Å². The van der Waals surface area contributed by atoms with Crippen molar-refractivity contribution in [1.29, 1.82) is 0 Å². The predicted octanol–water partition coefficient (Wildman–Crippen LogP) is 2.46. The highest BCUT2D eigenvalue weighted by molar-refractivity contribution is 5.84. The fourth-order valence-electron chi connectivity index (χ4n) is 1.98. The average molecular weight is 269 g/mol. The van der Waals surface area contributed by atoms with Gasteiger partial charge >= 0.3 is 0 Å². The van der Waals surface area contributed by atoms with Crippen molar-refractivity contribution < 1.29 is 4.74 Å². The Hall–Kier alpha value is -2.63. The third kappa shape index (κ3) is 2.27. The van der Waals surface area contributed by atoms with Crippen LogP contribution in [0.3, 0.4) is 0 Å². The Morgan fingerprint density at radius 2 is 2.30 bits per heavy atom. The normalized spacial score (nSPS) is 11.5. The second-order valence-electron chi connectivity index (χ2n) is 4.35. The van der Waals surface area contributed by atoms with Crippen molar-refractivity contribution in [3.63, 3.8) is 0 Å². The molecule has 3 aromatic heterocycles. The molecule has 0 aliphatic rings. The number of aryl methyl sites for hydroxylation is 1. The minimum absolute atomic E-state index is 0.588. The molecule has 0 aromatic carbocycles. The zero-order valence-electron chi connectivity index (χ0n) is 11.4. The van der Waals surface area contributed by atoms with Gasteiger partial charge in [0.2, 0.25) is 5.95 Å². The first-order valence-corrected chi connectivity index (χ1v) is 6.42. The van der Waals surface area contributed by atoms with E-state index in [-0.39, 0.29) is 0 Å². The topological polar surface area (TPSA) is 68.6 Å². The zero-order valence-corrected chi connectivity index (χ0v) is 11.4. The molecular formula is C14H15N5O. The first-order valence-electron chi connectivity index (χ1n) is 6.42. The van der Waals surface area contributed by atoms with Gasteiger partial charge in [0.05, 0.1) is 29.6 Å². The Bertz CT molecular complexity index is 742. The Morgan fingerprint density at radius 3 is 3.05 bits per heavy atom. The van der Waals surface area contributed by atoms with Crippen LogP contribution in [0.4, 0.5) is 0 Å². The molecule has 0 bridgehead atoms. The molecule has 3 rings (SSSR count). The van der Waals surface area contributed by atoms with Crippen LogP contribution in [0.2, 0.25) is 0 Å². The molecule has 3 heterocycles. The second-order valence-corrected chi connectivity index (χ2v) is 4.35. The number of nitrogens with zero attached hydrogens (tertiary/aromatic N) is 4. The summed E-state index contributed by atoms with van der Waals surface area (Å²) in [4.78, 5) is 16.4. The van der Waals surface area contributed by atoms with Crippen molar-refractivity contribution in [1.82, 2.24) is 24.5 Å². The van der Waals surface area contributed by atoms with Gasteiger partial charge in [0, 0.05) is 24.2 Å². The predicted molar refractivity (Wildman–Crippen MR) is 76.4 cm³/mol. The molecule has 3 aromatic rings. The van der Waals surface area contributed by atoms with Crippen molar-refractivity contribution in [3.8, 4) is 5.95 Å². The number of aromatic nitrogens is 5. The molecule has 20 heavy (non-hydrogen) atoms. The minimum atomic E-state index is 0.588. The lowest BCUT2D eigenvalue weighted by Gasteiger charge is -2.03. The molecule has 6 nitrogen and oxygen atoms in total. The van der Waals surface area contributed by atoms with Gasteiger partial charge in [0.25, 0.3) is 0 Å². The van der Waals surface area contributed by atoms with Crippen LogP contribution in [-0.4, -0.2) is 31.1 Å². The highest BCUT2D eigenvalue weighted by Gasteiger charge is 2.09. The van der Waals surface area contributed by atoms with Crippen molar-refractivity contribution in [3.05, 3.63) is 42.4 Å². The molecular weight excluding hydrogens is 254 g/mol. The zero-order chi connectivity index (χ0) is 13.9. The van der Waals surface area contributed by atoms with Crippen LogP contribution in [0.5, 0.6) is 0 Å². The third-order valence-corrected chi connectivity index (χ3v) is 2.85. The van der Waals surface area contributed by atoms with Crippen LogP contribution >= 0.6 is 0 Å². The van der Waals surface area contributed by atoms with Gasteiger partial charge in [-0.2, -0.15) is 0 Å². The second kappa shape index (κ2) is 5.16. The Morgan fingerprint density at radius 1 is 1.40 bits per heavy atom. The summed E-state index contributed by atoms with van der Waals surface area (Å²) in [5.74, 6) is 0.588. The molecule has 0 spiro atoms. The summed E-state index contributed by atoms with van der Waals surface area (Å²) in [7, 11) is 0. The Kier molecular flexibility index (Phi) is 3.20. The molecule has 0 fully saturated rings. The minimum Gasteiger partial charge on any atom is -0.501 e. The van der Waals surface area contributed by atoms with Gasteiger partial charge in [-0.3, -0.25) is 4.57 Å². The van der Waals surface area contributed by atoms with E-state index in [1.165, 1.54) is 0 Å². The van der Waals surface area contributed by atoms with Crippen LogP contribution in [0.1, 0.15) is 18.3 Å². The van der Waals surface area contributed by atoms with E-state index in [0.717, 1.165) is 22.4 Å². The van der Waals surface area contributed by atoms with Crippen molar-refractivity contribution in [2.24, 2.45) is 0 Å². The Balaban J connectivity index is 2.14. The smallest absolute Gasteiger partial charge is 0.236 e. The van der Waals surface area contributed by atoms with E-state index in [0.29, 0.717) is 12.6 Å². The monoisotopic (exact) mass is 269 g/mol. The van der Waals surface area contributed by atoms with E-state index in [1.54, 1.807) is 23.4 Å². The highest BCUT2D eigenvalue weighted by atomic mass is 16.5. The number of aromatic amines is 1. The van der Waals surface area contributed by atoms with Gasteiger partial charge in [-0.05, 0) is 19.9 Å². The van der Waals surface area contributed by atoms with Crippen LogP contribution in [-0.2, 0) is 4.74 Å². The maximum absolute atomic E-state index is 5.25. The van der Waals surface area contributed by atoms with E-state index in [2.05, 4.69) is 19.9 Å². The van der Waals surface area contributed by atoms with Gasteiger partial charge in [-0.15, -0.1) is 0 Å². The largest absolute Gasteiger partial charge is 0.501 e. The van der Waals surface area contributed by atoms with E-state index >= 15 is 0 Å². The summed E-state index contributed by atoms with van der Waals surface area (Å²) in [6.45, 7) is 4.56. The number of nitrogens with one attached hydrogen (secondary N) is 1. The van der Waals surface area contributed by atoms with Crippen molar-refractivity contribution >= 4 is 17.1 Å². The van der Waals surface area contributed by atoms with Gasteiger partial charge < -0.3 is 9.72 Å². The summed E-state index contributed by atoms with van der Waals surface area (Å²) in [6, 6.07) is 2.00. The molecule has 102 valence electrons. The van der Waals surface area contributed by atoms with Crippen molar-refractivity contribution in [2.45, 2.75) is 13.8 Å². The van der Waals surface area contributed by atoms with Crippen LogP contribution in [0.15, 0.2) is 31.0 Å². The van der Waals surface area contributed by atoms with E-state index in [4.69, 9.17) is 4.74 Å². The average Bonchev–Trinajstić information content (AvgIpc) is 3.06. The molecule has 0 aliphatic carbocycles. The standard InChI is InChI=1S/C14H15N5O/c1-3-20-7-4-11-13-12(8-10(2)16-13)18-14(17-11)19-6-5-15-9-19/h4-9,16H,3H2,1-2H3. The fraction of sp³-hybridized carbons (Fsp3) is 0.214. The summed E-state index contributed by atoms with van der Waals surface area (Å²) in [6.07, 6.45) is 8.68. The lowest BCUT2D eigenvalue weighted by Crippen LogP contribution is -2.00. The number of hydrogen-bond acceptors (Lipinski definition) is 4. The number of imidazole rings is 1. The van der Waals surface area contributed by atoms with Crippen LogP contribution < -0.4 is 0 Å². The maximum atomic E-state index is 5.25. The molecule has 1 N–H and O–H groups in total. The highest BCUT2D eigenvalue weighted by Crippen LogP contribution is 2.19. The van der Waals surface area contributed by atoms with E-state index < -0.39 is 0 Å².